The van der Waals surface area contributed by atoms with Gasteiger partial charge in [0.1, 0.15) is 4.34 Å². The summed E-state index contributed by atoms with van der Waals surface area (Å²) in [5.41, 5.74) is 8.21. The maximum absolute atomic E-state index is 5.68. The number of hydrogen-bond acceptors (Lipinski definition) is 4. The quantitative estimate of drug-likeness (QED) is 0.830. The minimum atomic E-state index is 0.606. The Morgan fingerprint density at radius 1 is 1.27 bits per heavy atom. The number of aromatic nitrogens is 1. The zero-order valence-corrected chi connectivity index (χ0v) is 9.85. The molecule has 0 amide bonds. The molecule has 0 aliphatic rings. The first-order valence-electron chi connectivity index (χ1n) is 4.69. The van der Waals surface area contributed by atoms with E-state index in [0.29, 0.717) is 6.54 Å². The molecule has 15 heavy (non-hydrogen) atoms. The van der Waals surface area contributed by atoms with Crippen LogP contribution in [0.25, 0.3) is 0 Å². The molecule has 0 spiro atoms. The summed E-state index contributed by atoms with van der Waals surface area (Å²) in [6.45, 7) is 0.606. The Hall–Kier alpha value is -0.840. The van der Waals surface area contributed by atoms with Crippen molar-refractivity contribution in [1.82, 2.24) is 4.98 Å². The first-order chi connectivity index (χ1) is 7.40. The van der Waals surface area contributed by atoms with Crippen LogP contribution in [-0.4, -0.2) is 4.98 Å². The summed E-state index contributed by atoms with van der Waals surface area (Å²) in [5, 5.41) is 2.00. The molecule has 2 rings (SSSR count). The molecule has 0 bridgehead atoms. The van der Waals surface area contributed by atoms with Gasteiger partial charge in [0.15, 0.2) is 0 Å². The molecule has 1 aromatic heterocycles. The Morgan fingerprint density at radius 2 is 2.07 bits per heavy atom. The molecule has 1 heterocycles. The van der Waals surface area contributed by atoms with E-state index < -0.39 is 0 Å². The molecule has 2 aromatic rings. The second-order valence-electron chi connectivity index (χ2n) is 3.06. The molecular weight excluding hydrogens is 224 g/mol. The standard InChI is InChI=1S/C11H12N2S2/c12-7-9-3-1-2-4-10(9)8-15-11-13-5-6-14-11/h1-6H,7-8,12H2. The van der Waals surface area contributed by atoms with Crippen molar-refractivity contribution in [3.8, 4) is 0 Å². The minimum absolute atomic E-state index is 0.606. The van der Waals surface area contributed by atoms with Crippen LogP contribution in [-0.2, 0) is 12.3 Å². The summed E-state index contributed by atoms with van der Waals surface area (Å²) in [6.07, 6.45) is 1.84. The van der Waals surface area contributed by atoms with Gasteiger partial charge in [0.05, 0.1) is 0 Å². The highest BCUT2D eigenvalue weighted by Crippen LogP contribution is 2.25. The van der Waals surface area contributed by atoms with Crippen LogP contribution in [0.5, 0.6) is 0 Å². The second kappa shape index (κ2) is 5.30. The third kappa shape index (κ3) is 2.81. The van der Waals surface area contributed by atoms with Crippen molar-refractivity contribution >= 4 is 23.1 Å². The molecule has 2 N–H and O–H groups in total. The van der Waals surface area contributed by atoms with Gasteiger partial charge in [-0.25, -0.2) is 4.98 Å². The van der Waals surface area contributed by atoms with Gasteiger partial charge in [-0.2, -0.15) is 0 Å². The van der Waals surface area contributed by atoms with E-state index in [9.17, 15) is 0 Å². The van der Waals surface area contributed by atoms with Gasteiger partial charge >= 0.3 is 0 Å². The predicted octanol–water partition coefficient (Wildman–Crippen LogP) is 2.89. The van der Waals surface area contributed by atoms with Crippen LogP contribution < -0.4 is 5.73 Å². The average Bonchev–Trinajstić information content (AvgIpc) is 2.79. The molecular formula is C11H12N2S2. The van der Waals surface area contributed by atoms with Crippen LogP contribution in [0.4, 0.5) is 0 Å². The van der Waals surface area contributed by atoms with E-state index in [2.05, 4.69) is 23.2 Å². The highest BCUT2D eigenvalue weighted by molar-refractivity contribution is 8.00. The highest BCUT2D eigenvalue weighted by atomic mass is 32.2. The molecule has 78 valence electrons. The topological polar surface area (TPSA) is 38.9 Å². The summed E-state index contributed by atoms with van der Waals surface area (Å²) in [6, 6.07) is 8.29. The van der Waals surface area contributed by atoms with Gasteiger partial charge in [0.25, 0.3) is 0 Å². The number of nitrogens with zero attached hydrogens (tertiary/aromatic N) is 1. The van der Waals surface area contributed by atoms with E-state index in [4.69, 9.17) is 5.73 Å². The predicted molar refractivity (Wildman–Crippen MR) is 66.0 cm³/mol. The molecule has 0 aliphatic carbocycles. The maximum Gasteiger partial charge on any atom is 0.150 e. The zero-order valence-electron chi connectivity index (χ0n) is 8.22. The van der Waals surface area contributed by atoms with E-state index >= 15 is 0 Å². The van der Waals surface area contributed by atoms with Gasteiger partial charge in [-0.3, -0.25) is 0 Å². The number of hydrogen-bond donors (Lipinski definition) is 1. The number of nitrogens with two attached hydrogens (primary N) is 1. The van der Waals surface area contributed by atoms with Gasteiger partial charge in [0.2, 0.25) is 0 Å². The fourth-order valence-electron chi connectivity index (χ4n) is 1.32. The number of benzene rings is 1. The summed E-state index contributed by atoms with van der Waals surface area (Å²) in [4.78, 5) is 4.24. The normalized spacial score (nSPS) is 10.5. The largest absolute Gasteiger partial charge is 0.326 e. The number of thiazole rings is 1. The lowest BCUT2D eigenvalue weighted by Crippen LogP contribution is -2.00. The van der Waals surface area contributed by atoms with Crippen LogP contribution in [0, 0.1) is 0 Å². The van der Waals surface area contributed by atoms with E-state index in [0.717, 1.165) is 10.1 Å². The molecule has 0 atom stereocenters. The molecule has 0 radical (unpaired) electrons. The van der Waals surface area contributed by atoms with Crippen molar-refractivity contribution in [2.75, 3.05) is 0 Å². The van der Waals surface area contributed by atoms with Crippen LogP contribution in [0.15, 0.2) is 40.2 Å². The SMILES string of the molecule is NCc1ccccc1CSc1nccs1. The van der Waals surface area contributed by atoms with Crippen LogP contribution in [0.2, 0.25) is 0 Å². The Kier molecular flexibility index (Phi) is 3.77. The fraction of sp³-hybridized carbons (Fsp3) is 0.182. The van der Waals surface area contributed by atoms with E-state index in [-0.39, 0.29) is 0 Å². The lowest BCUT2D eigenvalue weighted by atomic mass is 10.1. The highest BCUT2D eigenvalue weighted by Gasteiger charge is 2.02. The van der Waals surface area contributed by atoms with Crippen molar-refractivity contribution in [2.24, 2.45) is 5.73 Å². The molecule has 0 saturated heterocycles. The first-order valence-corrected chi connectivity index (χ1v) is 6.56. The van der Waals surface area contributed by atoms with Crippen molar-refractivity contribution in [3.05, 3.63) is 47.0 Å². The van der Waals surface area contributed by atoms with Gasteiger partial charge in [-0.05, 0) is 11.1 Å². The van der Waals surface area contributed by atoms with Crippen LogP contribution >= 0.6 is 23.1 Å². The van der Waals surface area contributed by atoms with Gasteiger partial charge in [-0.1, -0.05) is 36.0 Å². The molecule has 0 fully saturated rings. The van der Waals surface area contributed by atoms with E-state index in [1.165, 1.54) is 11.1 Å². The van der Waals surface area contributed by atoms with Crippen molar-refractivity contribution in [2.45, 2.75) is 16.6 Å². The second-order valence-corrected chi connectivity index (χ2v) is 5.18. The maximum atomic E-state index is 5.68. The fourth-order valence-corrected chi connectivity index (χ4v) is 2.99. The Labute approximate surface area is 97.5 Å². The average molecular weight is 236 g/mol. The van der Waals surface area contributed by atoms with E-state index in [1.807, 2.05) is 17.6 Å². The lowest BCUT2D eigenvalue weighted by Gasteiger charge is -2.05. The minimum Gasteiger partial charge on any atom is -0.326 e. The number of rotatable bonds is 4. The van der Waals surface area contributed by atoms with Crippen molar-refractivity contribution in [1.29, 1.82) is 0 Å². The Morgan fingerprint density at radius 3 is 2.73 bits per heavy atom. The van der Waals surface area contributed by atoms with Crippen LogP contribution in [0.1, 0.15) is 11.1 Å². The summed E-state index contributed by atoms with van der Waals surface area (Å²) in [5.74, 6) is 0.945. The first kappa shape index (κ1) is 10.7. The molecule has 0 unspecified atom stereocenters. The summed E-state index contributed by atoms with van der Waals surface area (Å²) < 4.78 is 1.11. The molecule has 4 heteroatoms. The molecule has 1 aromatic carbocycles. The molecule has 0 aliphatic heterocycles. The monoisotopic (exact) mass is 236 g/mol. The smallest absolute Gasteiger partial charge is 0.150 e. The number of thioether (sulfide) groups is 1. The van der Waals surface area contributed by atoms with E-state index in [1.54, 1.807) is 23.1 Å². The Bertz CT molecular complexity index is 412. The molecule has 0 saturated carbocycles. The third-order valence-electron chi connectivity index (χ3n) is 2.10. The van der Waals surface area contributed by atoms with Gasteiger partial charge in [-0.15, -0.1) is 11.3 Å². The summed E-state index contributed by atoms with van der Waals surface area (Å²) >= 11 is 3.44. The summed E-state index contributed by atoms with van der Waals surface area (Å²) in [7, 11) is 0. The van der Waals surface area contributed by atoms with Gasteiger partial charge < -0.3 is 5.73 Å². The lowest BCUT2D eigenvalue weighted by molar-refractivity contribution is 1.04. The van der Waals surface area contributed by atoms with Crippen molar-refractivity contribution < 1.29 is 0 Å². The third-order valence-corrected chi connectivity index (χ3v) is 4.11. The molecule has 2 nitrogen and oxygen atoms in total. The Balaban J connectivity index is 2.04. The van der Waals surface area contributed by atoms with Gasteiger partial charge in [0, 0.05) is 23.9 Å². The zero-order chi connectivity index (χ0) is 10.5. The van der Waals surface area contributed by atoms with Crippen LogP contribution in [0.3, 0.4) is 0 Å². The van der Waals surface area contributed by atoms with Crippen molar-refractivity contribution in [3.63, 3.8) is 0 Å².